The SMILES string of the molecule is COc1ccc(C(=O)CC(=O)c2cc(C(C)(C)C)ccc2OC)cc1. The average Bonchev–Trinajstić information content (AvgIpc) is 2.60. The summed E-state index contributed by atoms with van der Waals surface area (Å²) in [6.07, 6.45) is -0.198. The average molecular weight is 340 g/mol. The van der Waals surface area contributed by atoms with E-state index < -0.39 is 0 Å². The van der Waals surface area contributed by atoms with Gasteiger partial charge in [0, 0.05) is 5.56 Å². The van der Waals surface area contributed by atoms with E-state index in [1.807, 2.05) is 12.1 Å². The molecule has 0 saturated heterocycles. The fourth-order valence-electron chi connectivity index (χ4n) is 2.51. The highest BCUT2D eigenvalue weighted by Gasteiger charge is 2.21. The summed E-state index contributed by atoms with van der Waals surface area (Å²) in [4.78, 5) is 25.1. The van der Waals surface area contributed by atoms with E-state index in [0.717, 1.165) is 5.56 Å². The summed E-state index contributed by atoms with van der Waals surface area (Å²) < 4.78 is 10.4. The highest BCUT2D eigenvalue weighted by atomic mass is 16.5. The number of carbonyl (C=O) groups is 2. The Labute approximate surface area is 148 Å². The van der Waals surface area contributed by atoms with Crippen molar-refractivity contribution in [2.45, 2.75) is 32.6 Å². The van der Waals surface area contributed by atoms with Gasteiger partial charge in [-0.25, -0.2) is 0 Å². The monoisotopic (exact) mass is 340 g/mol. The van der Waals surface area contributed by atoms with E-state index in [2.05, 4.69) is 20.8 Å². The van der Waals surface area contributed by atoms with Crippen molar-refractivity contribution >= 4 is 11.6 Å². The van der Waals surface area contributed by atoms with Crippen LogP contribution in [0.3, 0.4) is 0 Å². The molecule has 0 aliphatic rings. The molecule has 0 unspecified atom stereocenters. The van der Waals surface area contributed by atoms with E-state index in [0.29, 0.717) is 22.6 Å². The molecule has 0 atom stereocenters. The number of ketones is 2. The summed E-state index contributed by atoms with van der Waals surface area (Å²) in [6.45, 7) is 6.22. The zero-order valence-corrected chi connectivity index (χ0v) is 15.4. The van der Waals surface area contributed by atoms with Gasteiger partial charge in [-0.2, -0.15) is 0 Å². The first-order valence-corrected chi connectivity index (χ1v) is 8.15. The number of carbonyl (C=O) groups excluding carboxylic acids is 2. The van der Waals surface area contributed by atoms with E-state index in [-0.39, 0.29) is 23.4 Å². The second-order valence-corrected chi connectivity index (χ2v) is 6.92. The molecule has 25 heavy (non-hydrogen) atoms. The van der Waals surface area contributed by atoms with Crippen LogP contribution in [-0.4, -0.2) is 25.8 Å². The third-order valence-electron chi connectivity index (χ3n) is 4.10. The molecule has 0 aliphatic heterocycles. The number of hydrogen-bond acceptors (Lipinski definition) is 4. The van der Waals surface area contributed by atoms with Crippen LogP contribution in [0, 0.1) is 0 Å². The smallest absolute Gasteiger partial charge is 0.174 e. The second-order valence-electron chi connectivity index (χ2n) is 6.92. The maximum Gasteiger partial charge on any atom is 0.174 e. The molecule has 4 nitrogen and oxygen atoms in total. The molecule has 2 aromatic rings. The predicted molar refractivity (Wildman–Crippen MR) is 98.0 cm³/mol. The zero-order chi connectivity index (χ0) is 18.6. The van der Waals surface area contributed by atoms with Crippen LogP contribution in [0.15, 0.2) is 42.5 Å². The molecule has 0 bridgehead atoms. The van der Waals surface area contributed by atoms with Crippen LogP contribution in [0.2, 0.25) is 0 Å². The van der Waals surface area contributed by atoms with E-state index in [1.54, 1.807) is 37.4 Å². The Bertz CT molecular complexity index is 767. The Balaban J connectivity index is 2.25. The first-order chi connectivity index (χ1) is 11.8. The van der Waals surface area contributed by atoms with Gasteiger partial charge in [0.25, 0.3) is 0 Å². The molecule has 0 amide bonds. The first-order valence-electron chi connectivity index (χ1n) is 8.15. The number of hydrogen-bond donors (Lipinski definition) is 0. The zero-order valence-electron chi connectivity index (χ0n) is 15.4. The molecule has 0 heterocycles. The third kappa shape index (κ3) is 4.47. The standard InChI is InChI=1S/C21H24O4/c1-21(2,3)15-8-11-20(25-5)17(12-15)19(23)13-18(22)14-6-9-16(24-4)10-7-14/h6-12H,13H2,1-5H3. The van der Waals surface area contributed by atoms with Crippen LogP contribution < -0.4 is 9.47 Å². The molecular formula is C21H24O4. The molecule has 132 valence electrons. The van der Waals surface area contributed by atoms with Gasteiger partial charge in [0.05, 0.1) is 26.2 Å². The maximum absolute atomic E-state index is 12.7. The largest absolute Gasteiger partial charge is 0.497 e. The lowest BCUT2D eigenvalue weighted by atomic mass is 9.85. The van der Waals surface area contributed by atoms with Crippen molar-refractivity contribution in [1.82, 2.24) is 0 Å². The summed E-state index contributed by atoms with van der Waals surface area (Å²) in [5, 5.41) is 0. The molecule has 2 aromatic carbocycles. The molecule has 0 radical (unpaired) electrons. The van der Waals surface area contributed by atoms with E-state index >= 15 is 0 Å². The first kappa shape index (κ1) is 18.7. The Kier molecular flexibility index (Phi) is 5.62. The number of methoxy groups -OCH3 is 2. The number of benzene rings is 2. The van der Waals surface area contributed by atoms with Gasteiger partial charge in [0.15, 0.2) is 11.6 Å². The highest BCUT2D eigenvalue weighted by molar-refractivity contribution is 6.14. The Morgan fingerprint density at radius 2 is 1.52 bits per heavy atom. The molecule has 0 spiro atoms. The lowest BCUT2D eigenvalue weighted by Crippen LogP contribution is -2.14. The highest BCUT2D eigenvalue weighted by Crippen LogP contribution is 2.29. The molecule has 0 saturated carbocycles. The van der Waals surface area contributed by atoms with Crippen molar-refractivity contribution in [3.63, 3.8) is 0 Å². The third-order valence-corrected chi connectivity index (χ3v) is 4.10. The van der Waals surface area contributed by atoms with Crippen LogP contribution in [0.25, 0.3) is 0 Å². The van der Waals surface area contributed by atoms with Gasteiger partial charge >= 0.3 is 0 Å². The minimum atomic E-state index is -0.247. The van der Waals surface area contributed by atoms with E-state index in [4.69, 9.17) is 9.47 Å². The summed E-state index contributed by atoms with van der Waals surface area (Å²) in [6, 6.07) is 12.3. The van der Waals surface area contributed by atoms with Crippen molar-refractivity contribution in [1.29, 1.82) is 0 Å². The Hall–Kier alpha value is -2.62. The lowest BCUT2D eigenvalue weighted by molar-refractivity contribution is 0.0892. The molecule has 2 rings (SSSR count). The fraction of sp³-hybridized carbons (Fsp3) is 0.333. The molecule has 0 N–H and O–H groups in total. The Morgan fingerprint density at radius 1 is 0.880 bits per heavy atom. The Morgan fingerprint density at radius 3 is 2.04 bits per heavy atom. The lowest BCUT2D eigenvalue weighted by Gasteiger charge is -2.20. The minimum absolute atomic E-state index is 0.0959. The summed E-state index contributed by atoms with van der Waals surface area (Å²) in [5.74, 6) is 0.683. The van der Waals surface area contributed by atoms with Crippen molar-refractivity contribution in [3.8, 4) is 11.5 Å². The minimum Gasteiger partial charge on any atom is -0.497 e. The molecular weight excluding hydrogens is 316 g/mol. The molecule has 0 aromatic heterocycles. The predicted octanol–water partition coefficient (Wildman–Crippen LogP) is 4.46. The number of Topliss-reactive ketones (excluding diaryl/α,β-unsaturated/α-hetero) is 2. The van der Waals surface area contributed by atoms with E-state index in [1.165, 1.54) is 7.11 Å². The molecule has 4 heteroatoms. The van der Waals surface area contributed by atoms with Crippen molar-refractivity contribution in [2.75, 3.05) is 14.2 Å². The van der Waals surface area contributed by atoms with Crippen molar-refractivity contribution < 1.29 is 19.1 Å². The van der Waals surface area contributed by atoms with Gasteiger partial charge < -0.3 is 9.47 Å². The van der Waals surface area contributed by atoms with Gasteiger partial charge in [0.2, 0.25) is 0 Å². The van der Waals surface area contributed by atoms with Crippen molar-refractivity contribution in [2.24, 2.45) is 0 Å². The van der Waals surface area contributed by atoms with Gasteiger partial charge in [-0.1, -0.05) is 26.8 Å². The van der Waals surface area contributed by atoms with Crippen LogP contribution in [0.1, 0.15) is 53.5 Å². The van der Waals surface area contributed by atoms with Crippen LogP contribution in [0.5, 0.6) is 11.5 Å². The van der Waals surface area contributed by atoms with Gasteiger partial charge in [-0.05, 0) is 47.4 Å². The quantitative estimate of drug-likeness (QED) is 0.575. The summed E-state index contributed by atoms with van der Waals surface area (Å²) >= 11 is 0. The van der Waals surface area contributed by atoms with Gasteiger partial charge in [-0.15, -0.1) is 0 Å². The summed E-state index contributed by atoms with van der Waals surface area (Å²) in [5.41, 5.74) is 1.85. The second kappa shape index (κ2) is 7.51. The van der Waals surface area contributed by atoms with Gasteiger partial charge in [-0.3, -0.25) is 9.59 Å². The van der Waals surface area contributed by atoms with E-state index in [9.17, 15) is 9.59 Å². The molecule has 0 fully saturated rings. The van der Waals surface area contributed by atoms with Gasteiger partial charge in [0.1, 0.15) is 11.5 Å². The maximum atomic E-state index is 12.7. The van der Waals surface area contributed by atoms with Crippen LogP contribution in [0.4, 0.5) is 0 Å². The van der Waals surface area contributed by atoms with Crippen LogP contribution in [-0.2, 0) is 5.41 Å². The topological polar surface area (TPSA) is 52.6 Å². The normalized spacial score (nSPS) is 11.1. The van der Waals surface area contributed by atoms with Crippen molar-refractivity contribution in [3.05, 3.63) is 59.2 Å². The number of ether oxygens (including phenoxy) is 2. The number of rotatable bonds is 6. The molecule has 0 aliphatic carbocycles. The summed E-state index contributed by atoms with van der Waals surface area (Å²) in [7, 11) is 3.09. The van der Waals surface area contributed by atoms with Crippen LogP contribution >= 0.6 is 0 Å². The fourth-order valence-corrected chi connectivity index (χ4v) is 2.51.